The minimum Gasteiger partial charge on any atom is -0.467 e. The molecular formula is C19H34N2O5. The van der Waals surface area contributed by atoms with Gasteiger partial charge in [-0.05, 0) is 38.5 Å². The molecule has 0 heterocycles. The van der Waals surface area contributed by atoms with Crippen LogP contribution in [0.15, 0.2) is 12.2 Å². The molecule has 0 aromatic carbocycles. The largest absolute Gasteiger partial charge is 0.467 e. The maximum Gasteiger partial charge on any atom is 0.331 e. The summed E-state index contributed by atoms with van der Waals surface area (Å²) in [5, 5.41) is 4.60. The molecule has 0 aromatic rings. The van der Waals surface area contributed by atoms with Crippen LogP contribution in [-0.2, 0) is 19.1 Å². The number of amides is 3. The van der Waals surface area contributed by atoms with Crippen molar-refractivity contribution in [1.29, 1.82) is 0 Å². The molecule has 150 valence electrons. The van der Waals surface area contributed by atoms with E-state index in [9.17, 15) is 14.4 Å². The first-order valence-corrected chi connectivity index (χ1v) is 9.41. The number of carbonyl (C=O) groups is 3. The SMILES string of the molecule is CNC(=O)NC(=O)CCCC/C=C\CCCCCCCOCC(=O)OC. The fraction of sp³-hybridized carbons (Fsp3) is 0.737. The maximum atomic E-state index is 11.4. The molecule has 0 saturated heterocycles. The third kappa shape index (κ3) is 17.0. The number of allylic oxidation sites excluding steroid dienone is 2. The zero-order valence-electron chi connectivity index (χ0n) is 16.2. The molecule has 0 saturated carbocycles. The van der Waals surface area contributed by atoms with Gasteiger partial charge < -0.3 is 14.8 Å². The van der Waals surface area contributed by atoms with Gasteiger partial charge in [0, 0.05) is 20.1 Å². The predicted molar refractivity (Wildman–Crippen MR) is 101 cm³/mol. The van der Waals surface area contributed by atoms with Crippen molar-refractivity contribution < 1.29 is 23.9 Å². The van der Waals surface area contributed by atoms with Gasteiger partial charge in [-0.2, -0.15) is 0 Å². The fourth-order valence-corrected chi connectivity index (χ4v) is 2.25. The van der Waals surface area contributed by atoms with Gasteiger partial charge in [-0.1, -0.05) is 31.4 Å². The number of imide groups is 1. The molecule has 0 aliphatic carbocycles. The molecule has 3 amide bonds. The number of unbranched alkanes of at least 4 members (excludes halogenated alkanes) is 7. The molecule has 0 aliphatic heterocycles. The smallest absolute Gasteiger partial charge is 0.331 e. The predicted octanol–water partition coefficient (Wildman–Crippen LogP) is 3.09. The lowest BCUT2D eigenvalue weighted by atomic mass is 10.1. The highest BCUT2D eigenvalue weighted by molar-refractivity contribution is 5.94. The Labute approximate surface area is 156 Å². The molecule has 0 rings (SSSR count). The number of hydrogen-bond donors (Lipinski definition) is 2. The van der Waals surface area contributed by atoms with Gasteiger partial charge in [0.2, 0.25) is 5.91 Å². The number of methoxy groups -OCH3 is 1. The Morgan fingerprint density at radius 1 is 0.885 bits per heavy atom. The Morgan fingerprint density at radius 2 is 1.50 bits per heavy atom. The van der Waals surface area contributed by atoms with Gasteiger partial charge in [-0.3, -0.25) is 10.1 Å². The average molecular weight is 370 g/mol. The molecule has 0 bridgehead atoms. The first kappa shape index (κ1) is 24.1. The zero-order chi connectivity index (χ0) is 19.5. The summed E-state index contributed by atoms with van der Waals surface area (Å²) in [5.41, 5.74) is 0. The van der Waals surface area contributed by atoms with Crippen molar-refractivity contribution in [1.82, 2.24) is 10.6 Å². The molecule has 26 heavy (non-hydrogen) atoms. The van der Waals surface area contributed by atoms with Crippen LogP contribution in [0.1, 0.15) is 64.2 Å². The number of ether oxygens (including phenoxy) is 2. The second kappa shape index (κ2) is 17.9. The Balaban J connectivity index is 3.28. The third-order valence-corrected chi connectivity index (χ3v) is 3.78. The lowest BCUT2D eigenvalue weighted by Gasteiger charge is -2.03. The average Bonchev–Trinajstić information content (AvgIpc) is 2.64. The van der Waals surface area contributed by atoms with Gasteiger partial charge in [0.1, 0.15) is 6.61 Å². The van der Waals surface area contributed by atoms with E-state index in [1.54, 1.807) is 0 Å². The number of rotatable bonds is 15. The summed E-state index contributed by atoms with van der Waals surface area (Å²) < 4.78 is 9.68. The zero-order valence-corrected chi connectivity index (χ0v) is 16.2. The van der Waals surface area contributed by atoms with Crippen LogP contribution in [0.3, 0.4) is 0 Å². The van der Waals surface area contributed by atoms with E-state index in [1.165, 1.54) is 33.4 Å². The topological polar surface area (TPSA) is 93.7 Å². The summed E-state index contributed by atoms with van der Waals surface area (Å²) >= 11 is 0. The highest BCUT2D eigenvalue weighted by Gasteiger charge is 2.04. The molecule has 0 unspecified atom stereocenters. The molecule has 0 aromatic heterocycles. The summed E-state index contributed by atoms with van der Waals surface area (Å²) in [4.78, 5) is 33.1. The van der Waals surface area contributed by atoms with Gasteiger partial charge in [0.15, 0.2) is 0 Å². The molecule has 0 spiro atoms. The van der Waals surface area contributed by atoms with Crippen molar-refractivity contribution in [3.05, 3.63) is 12.2 Å². The van der Waals surface area contributed by atoms with Gasteiger partial charge in [-0.15, -0.1) is 0 Å². The molecule has 0 radical (unpaired) electrons. The molecule has 0 fully saturated rings. The van der Waals surface area contributed by atoms with Gasteiger partial charge in [0.05, 0.1) is 7.11 Å². The molecule has 7 nitrogen and oxygen atoms in total. The third-order valence-electron chi connectivity index (χ3n) is 3.78. The van der Waals surface area contributed by atoms with Crippen molar-refractivity contribution in [2.45, 2.75) is 64.2 Å². The van der Waals surface area contributed by atoms with Gasteiger partial charge in [0.25, 0.3) is 0 Å². The molecule has 2 N–H and O–H groups in total. The van der Waals surface area contributed by atoms with Crippen molar-refractivity contribution in [3.63, 3.8) is 0 Å². The monoisotopic (exact) mass is 370 g/mol. The van der Waals surface area contributed by atoms with Gasteiger partial charge >= 0.3 is 12.0 Å². The van der Waals surface area contributed by atoms with Crippen LogP contribution >= 0.6 is 0 Å². The van der Waals surface area contributed by atoms with Crippen LogP contribution in [0.2, 0.25) is 0 Å². The van der Waals surface area contributed by atoms with Crippen LogP contribution < -0.4 is 10.6 Å². The Bertz CT molecular complexity index is 424. The van der Waals surface area contributed by atoms with E-state index in [4.69, 9.17) is 4.74 Å². The van der Waals surface area contributed by atoms with E-state index in [-0.39, 0.29) is 18.5 Å². The lowest BCUT2D eigenvalue weighted by molar-refractivity contribution is -0.145. The van der Waals surface area contributed by atoms with E-state index in [2.05, 4.69) is 27.5 Å². The Morgan fingerprint density at radius 3 is 2.15 bits per heavy atom. The summed E-state index contributed by atoms with van der Waals surface area (Å²) in [7, 11) is 2.84. The first-order valence-electron chi connectivity index (χ1n) is 9.41. The quantitative estimate of drug-likeness (QED) is 0.262. The van der Waals surface area contributed by atoms with E-state index in [1.807, 2.05) is 0 Å². The summed E-state index contributed by atoms with van der Waals surface area (Å²) in [6.07, 6.45) is 14.1. The molecular weight excluding hydrogens is 336 g/mol. The summed E-state index contributed by atoms with van der Waals surface area (Å²) in [6, 6.07) is -0.455. The highest BCUT2D eigenvalue weighted by Crippen LogP contribution is 2.07. The Kier molecular flexibility index (Phi) is 16.6. The van der Waals surface area contributed by atoms with Crippen LogP contribution in [0.4, 0.5) is 4.79 Å². The number of hydrogen-bond acceptors (Lipinski definition) is 5. The first-order chi connectivity index (χ1) is 12.6. The van der Waals surface area contributed by atoms with Crippen LogP contribution in [0.5, 0.6) is 0 Å². The van der Waals surface area contributed by atoms with Crippen molar-refractivity contribution in [2.75, 3.05) is 27.4 Å². The number of urea groups is 1. The van der Waals surface area contributed by atoms with E-state index in [0.717, 1.165) is 38.5 Å². The van der Waals surface area contributed by atoms with Crippen LogP contribution in [0.25, 0.3) is 0 Å². The van der Waals surface area contributed by atoms with Crippen LogP contribution in [0, 0.1) is 0 Å². The second-order valence-electron chi connectivity index (χ2n) is 6.03. The standard InChI is InChI=1S/C19H34N2O5/c1-20-19(24)21-17(22)14-12-10-8-6-4-3-5-7-9-11-13-15-26-16-18(23)25-2/h4,6H,3,5,7-16H2,1-2H3,(H2,20,21,22,24)/b6-4-. The molecule has 0 atom stereocenters. The maximum absolute atomic E-state index is 11.4. The highest BCUT2D eigenvalue weighted by atomic mass is 16.6. The molecule has 0 aliphatic rings. The van der Waals surface area contributed by atoms with E-state index >= 15 is 0 Å². The normalized spacial score (nSPS) is 10.7. The van der Waals surface area contributed by atoms with Crippen molar-refractivity contribution in [3.8, 4) is 0 Å². The second-order valence-corrected chi connectivity index (χ2v) is 6.03. The lowest BCUT2D eigenvalue weighted by Crippen LogP contribution is -2.37. The summed E-state index contributed by atoms with van der Waals surface area (Å²) in [5.74, 6) is -0.562. The fourth-order valence-electron chi connectivity index (χ4n) is 2.25. The minimum atomic E-state index is -0.455. The molecule has 7 heteroatoms. The number of carbonyl (C=O) groups excluding carboxylic acids is 3. The van der Waals surface area contributed by atoms with Gasteiger partial charge in [-0.25, -0.2) is 9.59 Å². The summed E-state index contributed by atoms with van der Waals surface area (Å²) in [6.45, 7) is 0.649. The van der Waals surface area contributed by atoms with Crippen molar-refractivity contribution in [2.24, 2.45) is 0 Å². The minimum absolute atomic E-state index is 0.0417. The Hall–Kier alpha value is -1.89. The number of esters is 1. The van der Waals surface area contributed by atoms with E-state index < -0.39 is 6.03 Å². The number of nitrogens with one attached hydrogen (secondary N) is 2. The van der Waals surface area contributed by atoms with E-state index in [0.29, 0.717) is 13.0 Å². The van der Waals surface area contributed by atoms with Crippen molar-refractivity contribution >= 4 is 17.9 Å². The van der Waals surface area contributed by atoms with Crippen LogP contribution in [-0.4, -0.2) is 45.3 Å².